The van der Waals surface area contributed by atoms with Gasteiger partial charge in [-0.3, -0.25) is 32.9 Å². The Morgan fingerprint density at radius 2 is 0.926 bits per heavy atom. The maximum absolute atomic E-state index is 13.0. The Kier molecular flexibility index (Phi) is 21.7. The molecular weight excluding hydrogens is 1410 g/mol. The lowest BCUT2D eigenvalue weighted by Crippen LogP contribution is -2.41. The highest BCUT2D eigenvalue weighted by atomic mass is 79.9. The number of nitrogens with one attached hydrogen (secondary N) is 1. The summed E-state index contributed by atoms with van der Waals surface area (Å²) in [7, 11) is 1.65. The van der Waals surface area contributed by atoms with Crippen LogP contribution in [0.3, 0.4) is 0 Å². The van der Waals surface area contributed by atoms with Gasteiger partial charge in [0.05, 0.1) is 46.0 Å². The van der Waals surface area contributed by atoms with Gasteiger partial charge in [-0.25, -0.2) is 0 Å². The third-order valence-electron chi connectivity index (χ3n) is 13.8. The van der Waals surface area contributed by atoms with Crippen LogP contribution in [0.1, 0.15) is 48.5 Å². The number of aromatic nitrogens is 16. The van der Waals surface area contributed by atoms with E-state index >= 15 is 0 Å². The van der Waals surface area contributed by atoms with E-state index < -0.39 is 43.1 Å². The van der Waals surface area contributed by atoms with Crippen molar-refractivity contribution >= 4 is 90.1 Å². The normalized spacial score (nSPS) is 13.5. The van der Waals surface area contributed by atoms with Crippen LogP contribution in [0.4, 0.5) is 39.5 Å². The molecule has 1 aliphatic heterocycles. The molecule has 0 amide bonds. The summed E-state index contributed by atoms with van der Waals surface area (Å²) in [6.07, 6.45) is -2.54. The van der Waals surface area contributed by atoms with Gasteiger partial charge in [0.25, 0.3) is 16.7 Å². The first-order chi connectivity index (χ1) is 44.4. The number of aromatic amines is 1. The Hall–Kier alpha value is -9.17. The van der Waals surface area contributed by atoms with Crippen molar-refractivity contribution in [2.45, 2.75) is 98.4 Å². The maximum Gasteiger partial charge on any atom is 0.573 e. The molecule has 502 valence electrons. The average Bonchev–Trinajstić information content (AvgIpc) is 1.71. The summed E-state index contributed by atoms with van der Waals surface area (Å²) in [6.45, 7) is 15.4. The molecule has 3 aromatic carbocycles. The van der Waals surface area contributed by atoms with Crippen LogP contribution < -0.4 is 41.8 Å². The lowest BCUT2D eigenvalue weighted by molar-refractivity contribution is -0.275. The summed E-state index contributed by atoms with van der Waals surface area (Å²) in [6, 6.07) is 14.3. The van der Waals surface area contributed by atoms with E-state index in [4.69, 9.17) is 19.4 Å². The lowest BCUT2D eigenvalue weighted by Gasteiger charge is -2.32. The van der Waals surface area contributed by atoms with Crippen molar-refractivity contribution in [3.63, 3.8) is 0 Å². The van der Waals surface area contributed by atoms with Crippen LogP contribution in [0.25, 0.3) is 55.6 Å². The van der Waals surface area contributed by atoms with Crippen LogP contribution in [0.2, 0.25) is 0 Å². The van der Waals surface area contributed by atoms with Crippen LogP contribution in [-0.4, -0.2) is 133 Å². The highest BCUT2D eigenvalue weighted by molar-refractivity contribution is 9.11. The molecule has 0 atom stereocenters. The first kappa shape index (κ1) is 71.7. The molecule has 12 rings (SSSR count). The van der Waals surface area contributed by atoms with E-state index in [1.165, 1.54) is 54.0 Å². The molecule has 95 heavy (non-hydrogen) atoms. The smallest absolute Gasteiger partial charge is 0.423 e. The molecule has 1 saturated heterocycles. The van der Waals surface area contributed by atoms with Crippen LogP contribution in [0, 0.1) is 0 Å². The first-order valence-corrected chi connectivity index (χ1v) is 29.6. The van der Waals surface area contributed by atoms with Gasteiger partial charge in [0.2, 0.25) is 0 Å². The molecule has 39 heteroatoms. The number of fused-ring (bicyclic) bond motifs is 3. The maximum atomic E-state index is 13.0. The van der Waals surface area contributed by atoms with E-state index in [0.717, 1.165) is 64.0 Å². The molecule has 0 saturated carbocycles. The Balaban J connectivity index is 0.000000158. The van der Waals surface area contributed by atoms with Crippen molar-refractivity contribution in [3.8, 4) is 39.8 Å². The molecule has 1 aliphatic rings. The van der Waals surface area contributed by atoms with E-state index in [2.05, 4.69) is 91.8 Å². The number of ether oxygens (including phenoxy) is 3. The summed E-state index contributed by atoms with van der Waals surface area (Å²) in [5, 5.41) is 50.6. The summed E-state index contributed by atoms with van der Waals surface area (Å²) in [5.74, 6) is -1.14. The van der Waals surface area contributed by atoms with Crippen LogP contribution in [0.5, 0.6) is 17.2 Å². The molecule has 9 heterocycles. The molecule has 0 spiro atoms. The van der Waals surface area contributed by atoms with Gasteiger partial charge in [-0.15, -0.1) is 54.8 Å². The van der Waals surface area contributed by atoms with Crippen LogP contribution >= 0.6 is 31.9 Å². The number of hydrogen-bond donors (Lipinski definition) is 3. The van der Waals surface area contributed by atoms with Crippen LogP contribution in [-0.2, 0) is 43.0 Å². The standard InChI is InChI=1S/C18H15F3N6O2.C14H10BrF3N4O2.C10H17BN2O2.C7H6BF3O3.C7H7BrN4O/c1-3-27-23-15-14(11-8-22-25(2)9-11)10-26(17(28)16(15)24-27)12-4-6-13(7-5-12)29-18(19,20)21;1-2-22-19-11-10(15)7-21(13(23)12(11)20-22)8-3-5-9(6-4-8)24-14(16,17)18;1-9(2)10(3,4)15-11(14-9)8-6-12-13(5)7-8;9-7(10,11)14-6-3-1-5(2-4-6)8(12)13;1-2-12-10-5-4(8)3-9-7(13)6(5)11-12/h4-10H,3H2,1-2H3;3-7H,2H2,1H3;6-7H,1-5H3;1-4,12-13H;3H,2H2,1H3,(H,9,13). The molecule has 11 aromatic rings. The summed E-state index contributed by atoms with van der Waals surface area (Å²) < 4.78 is 139. The fourth-order valence-electron chi connectivity index (χ4n) is 8.54. The number of H-pyrrole nitrogens is 1. The van der Waals surface area contributed by atoms with Crippen molar-refractivity contribution in [3.05, 3.63) is 156 Å². The number of aryl methyl sites for hydroxylation is 5. The highest BCUT2D eigenvalue weighted by Gasteiger charge is 2.52. The predicted octanol–water partition coefficient (Wildman–Crippen LogP) is 8.05. The topological polar surface area (TPSA) is 291 Å². The van der Waals surface area contributed by atoms with Crippen molar-refractivity contribution in [2.24, 2.45) is 14.1 Å². The predicted molar refractivity (Wildman–Crippen MR) is 334 cm³/mol. The Morgan fingerprint density at radius 3 is 1.33 bits per heavy atom. The molecule has 0 radical (unpaired) electrons. The lowest BCUT2D eigenvalue weighted by atomic mass is 9.80. The first-order valence-electron chi connectivity index (χ1n) is 28.0. The monoisotopic (exact) mass is 1460 g/mol. The van der Waals surface area contributed by atoms with Crippen molar-refractivity contribution in [1.29, 1.82) is 0 Å². The van der Waals surface area contributed by atoms with E-state index in [-0.39, 0.29) is 51.9 Å². The number of nitrogens with zero attached hydrogens (tertiary/aromatic N) is 15. The third-order valence-corrected chi connectivity index (χ3v) is 15.0. The second kappa shape index (κ2) is 28.8. The minimum atomic E-state index is -4.79. The second-order valence-corrected chi connectivity index (χ2v) is 22.8. The molecule has 0 aliphatic carbocycles. The van der Waals surface area contributed by atoms with Gasteiger partial charge in [0.15, 0.2) is 16.6 Å². The zero-order valence-electron chi connectivity index (χ0n) is 51.3. The zero-order valence-corrected chi connectivity index (χ0v) is 54.4. The quantitative estimate of drug-likeness (QED) is 0.0815. The summed E-state index contributed by atoms with van der Waals surface area (Å²) in [4.78, 5) is 43.6. The molecule has 0 unspecified atom stereocenters. The van der Waals surface area contributed by atoms with Crippen LogP contribution in [0.15, 0.2) is 140 Å². The molecule has 1 fully saturated rings. The van der Waals surface area contributed by atoms with Gasteiger partial charge in [-0.05, 0) is 146 Å². The highest BCUT2D eigenvalue weighted by Crippen LogP contribution is 2.37. The van der Waals surface area contributed by atoms with Crippen molar-refractivity contribution in [1.82, 2.24) is 78.7 Å². The van der Waals surface area contributed by atoms with E-state index in [1.54, 1.807) is 47.4 Å². The van der Waals surface area contributed by atoms with Crippen molar-refractivity contribution < 1.29 is 73.1 Å². The Labute approximate surface area is 547 Å². The van der Waals surface area contributed by atoms with Gasteiger partial charge >= 0.3 is 33.3 Å². The van der Waals surface area contributed by atoms with E-state index in [1.807, 2.05) is 61.7 Å². The van der Waals surface area contributed by atoms with E-state index in [9.17, 15) is 53.9 Å². The molecular formula is C56H55B2Br2F9N16O10. The number of halogens is 11. The molecule has 3 N–H and O–H groups in total. The third kappa shape index (κ3) is 18.0. The molecule has 0 bridgehead atoms. The van der Waals surface area contributed by atoms with Gasteiger partial charge in [-0.2, -0.15) is 39.9 Å². The Morgan fingerprint density at radius 1 is 0.537 bits per heavy atom. The van der Waals surface area contributed by atoms with Gasteiger partial charge in [-0.1, -0.05) is 12.1 Å². The number of benzene rings is 3. The molecule has 26 nitrogen and oxygen atoms in total. The summed E-state index contributed by atoms with van der Waals surface area (Å²) in [5.41, 5.74) is 3.69. The number of hydrogen-bond acceptors (Lipinski definition) is 18. The van der Waals surface area contributed by atoms with Crippen molar-refractivity contribution in [2.75, 3.05) is 0 Å². The van der Waals surface area contributed by atoms with E-state index in [0.29, 0.717) is 63.1 Å². The SMILES string of the molecule is CCn1nc2c(-c3cnn(C)c3)cn(-c3ccc(OC(F)(F)F)cc3)c(=O)c2n1.CCn1nc2c(Br)c[nH]c(=O)c2n1.CCn1nc2c(Br)cn(-c3ccc(OC(F)(F)F)cc3)c(=O)c2n1.Cn1cc(B2OC(C)(C)C(C)(C)O2)cn1.OB(O)c1ccc(OC(F)(F)F)cc1. The van der Waals surface area contributed by atoms with Gasteiger partial charge < -0.3 is 38.6 Å². The fraction of sp³-hybridized carbons (Fsp3) is 0.304. The number of rotatable bonds is 11. The van der Waals surface area contributed by atoms with Gasteiger partial charge in [0.1, 0.15) is 33.8 Å². The average molecular weight is 1460 g/mol. The number of pyridine rings is 3. The summed E-state index contributed by atoms with van der Waals surface area (Å²) >= 11 is 6.61. The molecule has 8 aromatic heterocycles. The van der Waals surface area contributed by atoms with Gasteiger partial charge in [0, 0.05) is 79.2 Å². The Bertz CT molecular complexity index is 4630. The zero-order chi connectivity index (χ0) is 69.7. The fourth-order valence-corrected chi connectivity index (χ4v) is 9.40. The second-order valence-electron chi connectivity index (χ2n) is 21.1. The largest absolute Gasteiger partial charge is 0.573 e. The minimum Gasteiger partial charge on any atom is -0.423 e. The minimum absolute atomic E-state index is 0.0968. The number of alkyl halides is 9.